The summed E-state index contributed by atoms with van der Waals surface area (Å²) in [5, 5.41) is 4.69. The predicted molar refractivity (Wildman–Crippen MR) is 88.2 cm³/mol. The fraction of sp³-hybridized carbons (Fsp3) is 0.467. The molecule has 1 aromatic heterocycles. The topological polar surface area (TPSA) is 64.9 Å². The molecule has 1 unspecified atom stereocenters. The summed E-state index contributed by atoms with van der Waals surface area (Å²) in [6.07, 6.45) is 3.99. The van der Waals surface area contributed by atoms with E-state index in [2.05, 4.69) is 33.0 Å². The minimum Gasteiger partial charge on any atom is -0.339 e. The van der Waals surface area contributed by atoms with Gasteiger partial charge in [-0.25, -0.2) is 0 Å². The van der Waals surface area contributed by atoms with Crippen LogP contribution in [0.2, 0.25) is 5.02 Å². The normalized spacial score (nSPS) is 12.6. The van der Waals surface area contributed by atoms with Crippen molar-refractivity contribution in [1.29, 1.82) is 0 Å². The molecule has 114 valence electrons. The van der Waals surface area contributed by atoms with E-state index in [1.807, 2.05) is 18.2 Å². The molecule has 1 heterocycles. The van der Waals surface area contributed by atoms with Crippen molar-refractivity contribution in [1.82, 2.24) is 10.1 Å². The van der Waals surface area contributed by atoms with Gasteiger partial charge < -0.3 is 10.3 Å². The highest BCUT2D eigenvalue weighted by atomic mass is 79.9. The van der Waals surface area contributed by atoms with Crippen LogP contribution >= 0.6 is 27.5 Å². The molecule has 0 aliphatic rings. The van der Waals surface area contributed by atoms with E-state index >= 15 is 0 Å². The van der Waals surface area contributed by atoms with Crippen LogP contribution in [0.25, 0.3) is 11.4 Å². The van der Waals surface area contributed by atoms with Gasteiger partial charge in [-0.2, -0.15) is 4.98 Å². The third kappa shape index (κ3) is 4.53. The number of aryl methyl sites for hydroxylation is 1. The van der Waals surface area contributed by atoms with Crippen LogP contribution < -0.4 is 5.73 Å². The highest BCUT2D eigenvalue weighted by Crippen LogP contribution is 2.27. The Morgan fingerprint density at radius 3 is 2.86 bits per heavy atom. The number of benzene rings is 1. The molecule has 0 bridgehead atoms. The zero-order chi connectivity index (χ0) is 15.2. The van der Waals surface area contributed by atoms with E-state index in [9.17, 15) is 0 Å². The third-order valence-electron chi connectivity index (χ3n) is 3.56. The average Bonchev–Trinajstić information content (AvgIpc) is 2.95. The SMILES string of the molecule is CCC(CCN)CCc1nc(-c2ccc(Cl)c(Br)c2)no1. The largest absolute Gasteiger partial charge is 0.339 e. The van der Waals surface area contributed by atoms with Crippen LogP contribution in [-0.2, 0) is 6.42 Å². The molecule has 1 atom stereocenters. The maximum absolute atomic E-state index is 5.98. The van der Waals surface area contributed by atoms with Crippen molar-refractivity contribution < 1.29 is 4.52 Å². The number of hydrogen-bond acceptors (Lipinski definition) is 4. The van der Waals surface area contributed by atoms with Crippen LogP contribution in [0.15, 0.2) is 27.2 Å². The van der Waals surface area contributed by atoms with Gasteiger partial charge in [0, 0.05) is 16.5 Å². The summed E-state index contributed by atoms with van der Waals surface area (Å²) in [7, 11) is 0. The Morgan fingerprint density at radius 2 is 2.19 bits per heavy atom. The Kier molecular flexibility index (Phi) is 6.21. The molecule has 0 saturated carbocycles. The standard InChI is InChI=1S/C15H19BrClN3O/c1-2-10(7-8-18)3-6-14-19-15(20-21-14)11-4-5-13(17)12(16)9-11/h4-5,9-10H,2-3,6-8,18H2,1H3. The van der Waals surface area contributed by atoms with Crippen molar-refractivity contribution >= 4 is 27.5 Å². The van der Waals surface area contributed by atoms with Crippen LogP contribution in [0.4, 0.5) is 0 Å². The van der Waals surface area contributed by atoms with Gasteiger partial charge in [0.2, 0.25) is 11.7 Å². The summed E-state index contributed by atoms with van der Waals surface area (Å²) >= 11 is 9.38. The van der Waals surface area contributed by atoms with Gasteiger partial charge in [-0.05, 0) is 59.4 Å². The van der Waals surface area contributed by atoms with E-state index in [1.54, 1.807) is 0 Å². The molecule has 4 nitrogen and oxygen atoms in total. The number of hydrogen-bond donors (Lipinski definition) is 1. The molecule has 2 aromatic rings. The van der Waals surface area contributed by atoms with E-state index in [0.717, 1.165) is 42.3 Å². The molecule has 21 heavy (non-hydrogen) atoms. The van der Waals surface area contributed by atoms with E-state index in [1.165, 1.54) is 0 Å². The summed E-state index contributed by atoms with van der Waals surface area (Å²) in [6.45, 7) is 2.91. The van der Waals surface area contributed by atoms with E-state index in [-0.39, 0.29) is 0 Å². The van der Waals surface area contributed by atoms with Gasteiger partial charge in [-0.3, -0.25) is 0 Å². The van der Waals surface area contributed by atoms with Gasteiger partial charge in [0.05, 0.1) is 5.02 Å². The smallest absolute Gasteiger partial charge is 0.226 e. The summed E-state index contributed by atoms with van der Waals surface area (Å²) in [6, 6.07) is 5.58. The number of aromatic nitrogens is 2. The van der Waals surface area contributed by atoms with E-state index in [4.69, 9.17) is 21.9 Å². The second kappa shape index (κ2) is 7.92. The first-order valence-corrected chi connectivity index (χ1v) is 8.29. The lowest BCUT2D eigenvalue weighted by atomic mass is 9.97. The van der Waals surface area contributed by atoms with Gasteiger partial charge in [-0.15, -0.1) is 0 Å². The molecule has 0 fully saturated rings. The quantitative estimate of drug-likeness (QED) is 0.779. The molecular formula is C15H19BrClN3O. The van der Waals surface area contributed by atoms with Gasteiger partial charge in [0.1, 0.15) is 0 Å². The third-order valence-corrected chi connectivity index (χ3v) is 4.78. The Labute approximate surface area is 138 Å². The Hall–Kier alpha value is -0.910. The highest BCUT2D eigenvalue weighted by molar-refractivity contribution is 9.10. The first-order valence-electron chi connectivity index (χ1n) is 7.12. The molecule has 0 aliphatic heterocycles. The second-order valence-corrected chi connectivity index (χ2v) is 6.29. The maximum atomic E-state index is 5.98. The number of rotatable bonds is 7. The lowest BCUT2D eigenvalue weighted by Gasteiger charge is -2.11. The lowest BCUT2D eigenvalue weighted by molar-refractivity contribution is 0.354. The Bertz CT molecular complexity index is 588. The number of nitrogens with two attached hydrogens (primary N) is 1. The highest BCUT2D eigenvalue weighted by Gasteiger charge is 2.12. The molecule has 0 amide bonds. The molecule has 0 saturated heterocycles. The fourth-order valence-corrected chi connectivity index (χ4v) is 2.72. The van der Waals surface area contributed by atoms with E-state index < -0.39 is 0 Å². The maximum Gasteiger partial charge on any atom is 0.226 e. The van der Waals surface area contributed by atoms with Gasteiger partial charge >= 0.3 is 0 Å². The summed E-state index contributed by atoms with van der Waals surface area (Å²) < 4.78 is 6.14. The lowest BCUT2D eigenvalue weighted by Crippen LogP contribution is -2.09. The molecule has 0 aliphatic carbocycles. The monoisotopic (exact) mass is 371 g/mol. The fourth-order valence-electron chi connectivity index (χ4n) is 2.22. The predicted octanol–water partition coefficient (Wildman–Crippen LogP) is 4.46. The van der Waals surface area contributed by atoms with E-state index in [0.29, 0.717) is 22.7 Å². The second-order valence-electron chi connectivity index (χ2n) is 5.03. The molecule has 6 heteroatoms. The molecule has 2 N–H and O–H groups in total. The van der Waals surface area contributed by atoms with Crippen molar-refractivity contribution in [2.24, 2.45) is 11.7 Å². The molecule has 0 spiro atoms. The average molecular weight is 373 g/mol. The Balaban J connectivity index is 2.02. The summed E-state index contributed by atoms with van der Waals surface area (Å²) in [5.74, 6) is 1.89. The van der Waals surface area contributed by atoms with Crippen molar-refractivity contribution in [3.63, 3.8) is 0 Å². The van der Waals surface area contributed by atoms with Crippen molar-refractivity contribution in [3.05, 3.63) is 33.6 Å². The van der Waals surface area contributed by atoms with Crippen LogP contribution in [0, 0.1) is 5.92 Å². The molecular weight excluding hydrogens is 354 g/mol. The molecule has 1 aromatic carbocycles. The van der Waals surface area contributed by atoms with Gasteiger partial charge in [0.25, 0.3) is 0 Å². The first-order chi connectivity index (χ1) is 10.1. The van der Waals surface area contributed by atoms with Crippen LogP contribution in [0.5, 0.6) is 0 Å². The minimum absolute atomic E-state index is 0.592. The van der Waals surface area contributed by atoms with Crippen LogP contribution in [-0.4, -0.2) is 16.7 Å². The minimum atomic E-state index is 0.592. The zero-order valence-electron chi connectivity index (χ0n) is 12.0. The summed E-state index contributed by atoms with van der Waals surface area (Å²) in [4.78, 5) is 4.44. The molecule has 0 radical (unpaired) electrons. The number of nitrogens with zero attached hydrogens (tertiary/aromatic N) is 2. The van der Waals surface area contributed by atoms with Crippen LogP contribution in [0.3, 0.4) is 0 Å². The van der Waals surface area contributed by atoms with Gasteiger partial charge in [-0.1, -0.05) is 30.1 Å². The molecule has 2 rings (SSSR count). The van der Waals surface area contributed by atoms with Crippen LogP contribution in [0.1, 0.15) is 32.1 Å². The zero-order valence-corrected chi connectivity index (χ0v) is 14.3. The Morgan fingerprint density at radius 1 is 1.38 bits per heavy atom. The van der Waals surface area contributed by atoms with Crippen molar-refractivity contribution in [2.75, 3.05) is 6.54 Å². The van der Waals surface area contributed by atoms with Crippen molar-refractivity contribution in [3.8, 4) is 11.4 Å². The van der Waals surface area contributed by atoms with Crippen molar-refractivity contribution in [2.45, 2.75) is 32.6 Å². The summed E-state index contributed by atoms with van der Waals surface area (Å²) in [5.41, 5.74) is 6.50. The van der Waals surface area contributed by atoms with Gasteiger partial charge in [0.15, 0.2) is 0 Å². The first kappa shape index (κ1) is 16.5. The number of halogens is 2.